The van der Waals surface area contributed by atoms with Crippen LogP contribution in [0.4, 0.5) is 11.5 Å². The van der Waals surface area contributed by atoms with Crippen LogP contribution in [0.2, 0.25) is 10.0 Å². The molecule has 1 aliphatic rings. The zero-order chi connectivity index (χ0) is 21.1. The molecule has 10 heteroatoms. The van der Waals surface area contributed by atoms with Gasteiger partial charge < -0.3 is 16.9 Å². The number of aliphatic imine (C=N–C) groups is 1. The summed E-state index contributed by atoms with van der Waals surface area (Å²) in [6.45, 7) is 1.98. The van der Waals surface area contributed by atoms with Crippen LogP contribution in [0.15, 0.2) is 51.9 Å². The molecule has 154 valence electrons. The van der Waals surface area contributed by atoms with Gasteiger partial charge in [-0.2, -0.15) is 0 Å². The monoisotopic (exact) mass is 459 g/mol. The van der Waals surface area contributed by atoms with E-state index in [1.807, 2.05) is 6.07 Å². The molecule has 0 spiro atoms. The number of halogens is 2. The van der Waals surface area contributed by atoms with Gasteiger partial charge >= 0.3 is 0 Å². The molecule has 4 rings (SSSR count). The van der Waals surface area contributed by atoms with Crippen LogP contribution < -0.4 is 16.9 Å². The first kappa shape index (κ1) is 20.7. The van der Waals surface area contributed by atoms with Crippen molar-refractivity contribution >= 4 is 51.9 Å². The molecule has 0 saturated heterocycles. The number of rotatable bonds is 3. The smallest absolute Gasteiger partial charge is 0.187 e. The molecule has 0 amide bonds. The minimum Gasteiger partial charge on any atom is -0.383 e. The van der Waals surface area contributed by atoms with Crippen LogP contribution in [0.5, 0.6) is 0 Å². The lowest BCUT2D eigenvalue weighted by molar-refractivity contribution is 0.712. The molecule has 1 aromatic carbocycles. The van der Waals surface area contributed by atoms with Crippen LogP contribution in [0.1, 0.15) is 16.0 Å². The molecule has 0 unspecified atom stereocenters. The molecule has 3 heterocycles. The number of aromatic nitrogens is 1. The van der Waals surface area contributed by atoms with Gasteiger partial charge in [0.25, 0.3) is 0 Å². The molecule has 0 aliphatic carbocycles. The Hall–Kier alpha value is -2.52. The van der Waals surface area contributed by atoms with Gasteiger partial charge in [0.2, 0.25) is 0 Å². The highest BCUT2D eigenvalue weighted by Gasteiger charge is 2.17. The number of fused-ring (bicyclic) bond motifs is 1. The van der Waals surface area contributed by atoms with Gasteiger partial charge in [-0.3, -0.25) is 0 Å². The first-order chi connectivity index (χ1) is 14.6. The standard InChI is InChI=1S/C20H19Cl2N7S/c21-14-2-1-3-15(18(14)22)27-20(28-29-24)13-8-12(10-26-19(13)23)17-9-11-4-6-25-7-5-16(11)30-17/h1-3,8-10,25H,4-7H2,(H2,23,26)(H2,24,27,28). The summed E-state index contributed by atoms with van der Waals surface area (Å²) in [7, 11) is 0. The van der Waals surface area contributed by atoms with E-state index in [4.69, 9.17) is 34.8 Å². The minimum atomic E-state index is 0.204. The van der Waals surface area contributed by atoms with Gasteiger partial charge in [0.15, 0.2) is 5.84 Å². The topological polar surface area (TPSA) is 114 Å². The molecule has 7 nitrogen and oxygen atoms in total. The molecule has 2 aromatic heterocycles. The average molecular weight is 460 g/mol. The van der Waals surface area contributed by atoms with Gasteiger partial charge in [-0.1, -0.05) is 34.5 Å². The van der Waals surface area contributed by atoms with E-state index in [1.165, 1.54) is 10.4 Å². The minimum absolute atomic E-state index is 0.204. The normalized spacial score (nSPS) is 14.7. The molecule has 0 atom stereocenters. The maximum Gasteiger partial charge on any atom is 0.187 e. The average Bonchev–Trinajstić information content (AvgIpc) is 3.01. The van der Waals surface area contributed by atoms with Crippen LogP contribution in [0.25, 0.3) is 10.4 Å². The molecule has 5 N–H and O–H groups in total. The van der Waals surface area contributed by atoms with Crippen molar-refractivity contribution in [2.24, 2.45) is 21.2 Å². The number of hydrogen-bond donors (Lipinski definition) is 3. The summed E-state index contributed by atoms with van der Waals surface area (Å²) < 4.78 is 0. The number of nitrogens with zero attached hydrogens (tertiary/aromatic N) is 4. The molecule has 0 fully saturated rings. The van der Waals surface area contributed by atoms with E-state index >= 15 is 0 Å². The zero-order valence-corrected chi connectivity index (χ0v) is 18.2. The van der Waals surface area contributed by atoms with E-state index in [2.05, 4.69) is 31.7 Å². The van der Waals surface area contributed by atoms with Gasteiger partial charge in [0, 0.05) is 21.5 Å². The molecule has 30 heavy (non-hydrogen) atoms. The second-order valence-corrected chi connectivity index (χ2v) is 8.61. The molecule has 0 radical (unpaired) electrons. The largest absolute Gasteiger partial charge is 0.383 e. The van der Waals surface area contributed by atoms with E-state index in [1.54, 1.807) is 35.7 Å². The predicted octanol–water partition coefficient (Wildman–Crippen LogP) is 4.79. The SMILES string of the molecule is NN=NC(=Nc1cccc(Cl)c1Cl)c1cc(-c2cc3c(s2)CCNCC3)cnc1N. The molecule has 3 aromatic rings. The summed E-state index contributed by atoms with van der Waals surface area (Å²) in [6.07, 6.45) is 3.80. The first-order valence-electron chi connectivity index (χ1n) is 9.29. The van der Waals surface area contributed by atoms with Gasteiger partial charge in [-0.25, -0.2) is 9.98 Å². The van der Waals surface area contributed by atoms with Gasteiger partial charge in [0.05, 0.1) is 21.3 Å². The van der Waals surface area contributed by atoms with E-state index < -0.39 is 0 Å². The molecular formula is C20H19Cl2N7S. The highest BCUT2D eigenvalue weighted by molar-refractivity contribution is 7.15. The Morgan fingerprint density at radius 2 is 2.00 bits per heavy atom. The summed E-state index contributed by atoms with van der Waals surface area (Å²) in [5.74, 6) is 5.80. The molecule has 0 saturated carbocycles. The molecule has 1 aliphatic heterocycles. The number of nitrogens with one attached hydrogen (secondary N) is 1. The highest BCUT2D eigenvalue weighted by atomic mass is 35.5. The van der Waals surface area contributed by atoms with Crippen molar-refractivity contribution in [2.75, 3.05) is 18.8 Å². The Bertz CT molecular complexity index is 1120. The van der Waals surface area contributed by atoms with E-state index in [-0.39, 0.29) is 11.7 Å². The van der Waals surface area contributed by atoms with Gasteiger partial charge in [-0.05, 0) is 55.8 Å². The third-order valence-electron chi connectivity index (χ3n) is 4.75. The maximum absolute atomic E-state index is 6.27. The second kappa shape index (κ2) is 9.09. The summed E-state index contributed by atoms with van der Waals surface area (Å²) in [5, 5.41) is 11.5. The number of nitrogens with two attached hydrogens (primary N) is 2. The van der Waals surface area contributed by atoms with Crippen LogP contribution in [0.3, 0.4) is 0 Å². The highest BCUT2D eigenvalue weighted by Crippen LogP contribution is 2.35. The number of anilines is 1. The Morgan fingerprint density at radius 1 is 1.17 bits per heavy atom. The zero-order valence-electron chi connectivity index (χ0n) is 15.9. The fourth-order valence-corrected chi connectivity index (χ4v) is 4.79. The van der Waals surface area contributed by atoms with Crippen molar-refractivity contribution in [1.82, 2.24) is 10.3 Å². The number of benzene rings is 1. The Balaban J connectivity index is 1.78. The van der Waals surface area contributed by atoms with Gasteiger partial charge in [-0.15, -0.1) is 16.5 Å². The van der Waals surface area contributed by atoms with Crippen molar-refractivity contribution in [2.45, 2.75) is 12.8 Å². The molecular weight excluding hydrogens is 441 g/mol. The van der Waals surface area contributed by atoms with Crippen LogP contribution in [0, 0.1) is 0 Å². The van der Waals surface area contributed by atoms with E-state index in [0.717, 1.165) is 36.4 Å². The quantitative estimate of drug-likeness (QED) is 0.171. The maximum atomic E-state index is 6.27. The van der Waals surface area contributed by atoms with Crippen molar-refractivity contribution < 1.29 is 0 Å². The van der Waals surface area contributed by atoms with Crippen LogP contribution in [-0.4, -0.2) is 23.9 Å². The Morgan fingerprint density at radius 3 is 2.83 bits per heavy atom. The number of nitrogen functional groups attached to an aromatic ring is 1. The van der Waals surface area contributed by atoms with E-state index in [9.17, 15) is 0 Å². The van der Waals surface area contributed by atoms with Gasteiger partial charge in [0.1, 0.15) is 5.82 Å². The number of pyridine rings is 1. The van der Waals surface area contributed by atoms with Crippen molar-refractivity contribution in [3.63, 3.8) is 0 Å². The summed E-state index contributed by atoms with van der Waals surface area (Å²) in [4.78, 5) is 11.4. The number of hydrogen-bond acceptors (Lipinski definition) is 6. The van der Waals surface area contributed by atoms with Crippen molar-refractivity contribution in [3.05, 3.63) is 62.6 Å². The van der Waals surface area contributed by atoms with E-state index in [0.29, 0.717) is 21.3 Å². The lowest BCUT2D eigenvalue weighted by Gasteiger charge is -2.07. The lowest BCUT2D eigenvalue weighted by atomic mass is 10.1. The Kier molecular flexibility index (Phi) is 6.29. The number of thiophene rings is 1. The van der Waals surface area contributed by atoms with Crippen LogP contribution >= 0.6 is 34.5 Å². The predicted molar refractivity (Wildman–Crippen MR) is 124 cm³/mol. The summed E-state index contributed by atoms with van der Waals surface area (Å²) in [5.41, 5.74) is 9.40. The fourth-order valence-electron chi connectivity index (χ4n) is 3.26. The third-order valence-corrected chi connectivity index (χ3v) is 6.85. The summed E-state index contributed by atoms with van der Waals surface area (Å²) in [6, 6.07) is 9.27. The first-order valence-corrected chi connectivity index (χ1v) is 10.9. The number of amidine groups is 1. The Labute approximate surface area is 187 Å². The fraction of sp³-hybridized carbons (Fsp3) is 0.200. The molecule has 0 bridgehead atoms. The second-order valence-electron chi connectivity index (χ2n) is 6.69. The van der Waals surface area contributed by atoms with Crippen molar-refractivity contribution in [3.8, 4) is 10.4 Å². The lowest BCUT2D eigenvalue weighted by Crippen LogP contribution is -2.16. The third kappa shape index (κ3) is 4.32. The van der Waals surface area contributed by atoms with Crippen molar-refractivity contribution in [1.29, 1.82) is 0 Å². The summed E-state index contributed by atoms with van der Waals surface area (Å²) >= 11 is 14.1. The van der Waals surface area contributed by atoms with Crippen LogP contribution in [-0.2, 0) is 12.8 Å².